The van der Waals surface area contributed by atoms with Crippen LogP contribution in [0.4, 0.5) is 11.4 Å². The molecule has 9 nitrogen and oxygen atoms in total. The number of benzene rings is 2. The van der Waals surface area contributed by atoms with E-state index in [0.717, 1.165) is 0 Å². The molecule has 0 saturated carbocycles. The molecule has 2 aromatic carbocycles. The summed E-state index contributed by atoms with van der Waals surface area (Å²) >= 11 is 0. The molecule has 2 amide bonds. The van der Waals surface area contributed by atoms with Crippen LogP contribution in [-0.2, 0) is 9.59 Å². The molecule has 3 aromatic rings. The summed E-state index contributed by atoms with van der Waals surface area (Å²) in [6.07, 6.45) is 0. The molecule has 0 aliphatic heterocycles. The first kappa shape index (κ1) is 20.2. The summed E-state index contributed by atoms with van der Waals surface area (Å²) in [6, 6.07) is 11.6. The summed E-state index contributed by atoms with van der Waals surface area (Å²) in [7, 11) is 3.25. The number of nitrogens with one attached hydrogen (secondary N) is 4. The van der Waals surface area contributed by atoms with Gasteiger partial charge in [0.15, 0.2) is 0 Å². The van der Waals surface area contributed by atoms with Gasteiger partial charge in [-0.15, -0.1) is 0 Å². The molecule has 0 saturated heterocycles. The predicted molar refractivity (Wildman–Crippen MR) is 111 cm³/mol. The monoisotopic (exact) mass is 397 g/mol. The summed E-state index contributed by atoms with van der Waals surface area (Å²) < 4.78 is 5.14. The Kier molecular flexibility index (Phi) is 5.99. The normalized spacial score (nSPS) is 12.0. The topological polar surface area (TPSA) is 119 Å². The molecule has 1 unspecified atom stereocenters. The molecule has 4 N–H and O–H groups in total. The highest BCUT2D eigenvalue weighted by Crippen LogP contribution is 2.17. The van der Waals surface area contributed by atoms with Crippen molar-refractivity contribution >= 4 is 34.2 Å². The van der Waals surface area contributed by atoms with Gasteiger partial charge in [0.2, 0.25) is 11.8 Å². The Labute approximate surface area is 167 Å². The van der Waals surface area contributed by atoms with Crippen LogP contribution in [0.25, 0.3) is 11.0 Å². The van der Waals surface area contributed by atoms with Gasteiger partial charge in [0, 0.05) is 17.4 Å². The van der Waals surface area contributed by atoms with Crippen molar-refractivity contribution in [2.24, 2.45) is 0 Å². The zero-order chi connectivity index (χ0) is 21.0. The number of carbonyl (C=O) groups is 2. The van der Waals surface area contributed by atoms with E-state index in [-0.39, 0.29) is 24.0 Å². The van der Waals surface area contributed by atoms with E-state index in [4.69, 9.17) is 4.74 Å². The van der Waals surface area contributed by atoms with Crippen molar-refractivity contribution in [1.82, 2.24) is 14.9 Å². The maximum Gasteiger partial charge on any atom is 0.323 e. The van der Waals surface area contributed by atoms with Crippen molar-refractivity contribution < 1.29 is 14.3 Å². The number of anilines is 2. The van der Waals surface area contributed by atoms with Crippen LogP contribution in [0.3, 0.4) is 0 Å². The summed E-state index contributed by atoms with van der Waals surface area (Å²) in [6.45, 7) is 1.75. The molecular formula is C20H23N5O4. The molecule has 3 rings (SSSR count). The van der Waals surface area contributed by atoms with Crippen LogP contribution < -0.4 is 21.1 Å². The number of carbonyl (C=O) groups excluding carboxylic acids is 2. The molecule has 0 spiro atoms. The Morgan fingerprint density at radius 1 is 1.07 bits per heavy atom. The average Bonchev–Trinajstić information content (AvgIpc) is 3.06. The second kappa shape index (κ2) is 8.61. The van der Waals surface area contributed by atoms with Crippen LogP contribution in [0, 0.1) is 0 Å². The largest absolute Gasteiger partial charge is 0.497 e. The second-order valence-electron chi connectivity index (χ2n) is 6.70. The van der Waals surface area contributed by atoms with E-state index >= 15 is 0 Å². The number of aromatic amines is 2. The first-order chi connectivity index (χ1) is 13.9. The third-order valence-corrected chi connectivity index (χ3v) is 4.57. The number of aromatic nitrogens is 2. The van der Waals surface area contributed by atoms with Crippen molar-refractivity contribution in [1.29, 1.82) is 0 Å². The van der Waals surface area contributed by atoms with E-state index in [0.29, 0.717) is 28.2 Å². The van der Waals surface area contributed by atoms with Gasteiger partial charge >= 0.3 is 5.69 Å². The fourth-order valence-electron chi connectivity index (χ4n) is 2.82. The smallest absolute Gasteiger partial charge is 0.323 e. The standard InChI is InChI=1S/C20H23N5O4/c1-12(19(27)22-14-7-8-16-17(10-14)24-20(28)23-16)25(2)11-18(26)21-13-5-4-6-15(9-13)29-3/h4-10,12H,11H2,1-3H3,(H,21,26)(H,22,27)(H2,23,24,28). The fraction of sp³-hybridized carbons (Fsp3) is 0.250. The predicted octanol–water partition coefficient (Wildman–Crippen LogP) is 1.76. The van der Waals surface area contributed by atoms with Crippen LogP contribution in [0.5, 0.6) is 5.75 Å². The van der Waals surface area contributed by atoms with E-state index < -0.39 is 6.04 Å². The Balaban J connectivity index is 1.57. The van der Waals surface area contributed by atoms with Gasteiger partial charge in [-0.05, 0) is 44.3 Å². The van der Waals surface area contributed by atoms with Crippen molar-refractivity contribution in [3.63, 3.8) is 0 Å². The van der Waals surface area contributed by atoms with E-state index in [1.807, 2.05) is 0 Å². The quantitative estimate of drug-likeness (QED) is 0.484. The number of hydrogen-bond acceptors (Lipinski definition) is 5. The number of H-pyrrole nitrogens is 2. The first-order valence-corrected chi connectivity index (χ1v) is 9.03. The highest BCUT2D eigenvalue weighted by atomic mass is 16.5. The lowest BCUT2D eigenvalue weighted by molar-refractivity contribution is -0.122. The van der Waals surface area contributed by atoms with Crippen LogP contribution in [0.15, 0.2) is 47.3 Å². The van der Waals surface area contributed by atoms with Crippen LogP contribution >= 0.6 is 0 Å². The number of ether oxygens (including phenoxy) is 1. The van der Waals surface area contributed by atoms with Gasteiger partial charge in [-0.2, -0.15) is 0 Å². The highest BCUT2D eigenvalue weighted by Gasteiger charge is 2.20. The molecule has 0 radical (unpaired) electrons. The minimum absolute atomic E-state index is 0.0377. The lowest BCUT2D eigenvalue weighted by atomic mass is 10.2. The third kappa shape index (κ3) is 5.02. The fourth-order valence-corrected chi connectivity index (χ4v) is 2.82. The molecule has 0 bridgehead atoms. The number of imidazole rings is 1. The number of amides is 2. The Morgan fingerprint density at radius 2 is 1.79 bits per heavy atom. The zero-order valence-electron chi connectivity index (χ0n) is 16.4. The molecule has 152 valence electrons. The number of hydrogen-bond donors (Lipinski definition) is 4. The van der Waals surface area contributed by atoms with Gasteiger partial charge in [0.05, 0.1) is 30.7 Å². The number of nitrogens with zero attached hydrogens (tertiary/aromatic N) is 1. The second-order valence-corrected chi connectivity index (χ2v) is 6.70. The Morgan fingerprint density at radius 3 is 2.55 bits per heavy atom. The number of methoxy groups -OCH3 is 1. The van der Waals surface area contributed by atoms with Gasteiger partial charge in [-0.25, -0.2) is 4.79 Å². The molecule has 1 heterocycles. The van der Waals surface area contributed by atoms with Crippen molar-refractivity contribution in [2.45, 2.75) is 13.0 Å². The third-order valence-electron chi connectivity index (χ3n) is 4.57. The van der Waals surface area contributed by atoms with Gasteiger partial charge in [-0.1, -0.05) is 6.07 Å². The Bertz CT molecular complexity index is 1090. The minimum atomic E-state index is -0.549. The van der Waals surface area contributed by atoms with Gasteiger partial charge in [0.25, 0.3) is 0 Å². The summed E-state index contributed by atoms with van der Waals surface area (Å²) in [4.78, 5) is 43.1. The lowest BCUT2D eigenvalue weighted by Crippen LogP contribution is -2.43. The van der Waals surface area contributed by atoms with Crippen molar-refractivity contribution in [3.05, 3.63) is 52.9 Å². The molecule has 0 aliphatic rings. The SMILES string of the molecule is COc1cccc(NC(=O)CN(C)C(C)C(=O)Nc2ccc3[nH]c(=O)[nH]c3c2)c1. The molecule has 29 heavy (non-hydrogen) atoms. The van der Waals surface area contributed by atoms with Gasteiger partial charge < -0.3 is 25.3 Å². The molecule has 0 fully saturated rings. The summed E-state index contributed by atoms with van der Waals surface area (Å²) in [5.74, 6) is 0.135. The highest BCUT2D eigenvalue weighted by molar-refractivity contribution is 5.97. The average molecular weight is 397 g/mol. The first-order valence-electron chi connectivity index (χ1n) is 9.03. The van der Waals surface area contributed by atoms with E-state index in [2.05, 4.69) is 20.6 Å². The maximum absolute atomic E-state index is 12.5. The molecule has 1 aromatic heterocycles. The van der Waals surface area contributed by atoms with Gasteiger partial charge in [-0.3, -0.25) is 14.5 Å². The van der Waals surface area contributed by atoms with E-state index in [9.17, 15) is 14.4 Å². The van der Waals surface area contributed by atoms with Gasteiger partial charge in [0.1, 0.15) is 5.75 Å². The number of likely N-dealkylation sites (N-methyl/N-ethyl adjacent to an activating group) is 1. The van der Waals surface area contributed by atoms with Crippen molar-refractivity contribution in [3.8, 4) is 5.75 Å². The summed E-state index contributed by atoms with van der Waals surface area (Å²) in [5, 5.41) is 5.58. The van der Waals surface area contributed by atoms with Crippen LogP contribution in [0.1, 0.15) is 6.92 Å². The zero-order valence-corrected chi connectivity index (χ0v) is 16.4. The molecular weight excluding hydrogens is 374 g/mol. The van der Waals surface area contributed by atoms with E-state index in [1.54, 1.807) is 68.4 Å². The minimum Gasteiger partial charge on any atom is -0.497 e. The number of fused-ring (bicyclic) bond motifs is 1. The van der Waals surface area contributed by atoms with Crippen LogP contribution in [0.2, 0.25) is 0 Å². The van der Waals surface area contributed by atoms with Crippen LogP contribution in [-0.4, -0.2) is 53.4 Å². The van der Waals surface area contributed by atoms with E-state index in [1.165, 1.54) is 0 Å². The molecule has 9 heteroatoms. The molecule has 0 aliphatic carbocycles. The Hall–Kier alpha value is -3.59. The lowest BCUT2D eigenvalue weighted by Gasteiger charge is -2.23. The van der Waals surface area contributed by atoms with Crippen molar-refractivity contribution in [2.75, 3.05) is 31.3 Å². The maximum atomic E-state index is 12.5. The summed E-state index contributed by atoms with van der Waals surface area (Å²) in [5.41, 5.74) is 2.13. The number of rotatable bonds is 7. The molecule has 1 atom stereocenters.